The van der Waals surface area contributed by atoms with E-state index in [1.807, 2.05) is 0 Å². The summed E-state index contributed by atoms with van der Waals surface area (Å²) < 4.78 is 37.1. The second-order valence-corrected chi connectivity index (χ2v) is 18.1. The molecule has 8 nitrogen and oxygen atoms in total. The number of ether oxygens (including phenoxy) is 1. The zero-order valence-electron chi connectivity index (χ0n) is 21.0. The van der Waals surface area contributed by atoms with Gasteiger partial charge in [0.25, 0.3) is 0 Å². The summed E-state index contributed by atoms with van der Waals surface area (Å²) in [4.78, 5) is 19.1. The number of H-pyrrole nitrogens is 1. The third-order valence-corrected chi connectivity index (χ3v) is 7.61. The lowest BCUT2D eigenvalue weighted by Gasteiger charge is -2.33. The van der Waals surface area contributed by atoms with Crippen LogP contribution in [0.1, 0.15) is 76.6 Å². The standard InChI is InChI=1S/C21H41N2O6PSi/c1-15-18(23-19(22-15)16(2)24)17(14-26-12-13-31(9,10)11)27-30(25,28-20(3,4)5)29-21(6,7)8/h17H,12-14H2,1-11H3,(H,22,23). The first-order chi connectivity index (χ1) is 13.8. The highest BCUT2D eigenvalue weighted by Crippen LogP contribution is 2.58. The number of rotatable bonds is 11. The minimum atomic E-state index is -4.01. The van der Waals surface area contributed by atoms with Crippen LogP contribution in [0.15, 0.2) is 0 Å². The summed E-state index contributed by atoms with van der Waals surface area (Å²) in [5.41, 5.74) is -0.444. The van der Waals surface area contributed by atoms with E-state index in [2.05, 4.69) is 29.6 Å². The highest BCUT2D eigenvalue weighted by Gasteiger charge is 2.41. The van der Waals surface area contributed by atoms with E-state index in [0.717, 1.165) is 6.04 Å². The fourth-order valence-corrected chi connectivity index (χ4v) is 5.26. The fraction of sp³-hybridized carbons (Fsp3) is 0.810. The molecule has 0 spiro atoms. The lowest BCUT2D eigenvalue weighted by atomic mass is 10.2. The largest absolute Gasteiger partial charge is 0.476 e. The number of hydrogen-bond acceptors (Lipinski definition) is 7. The number of phosphoric ester groups is 1. The van der Waals surface area contributed by atoms with Gasteiger partial charge in [0, 0.05) is 27.3 Å². The Morgan fingerprint density at radius 3 is 2.00 bits per heavy atom. The highest BCUT2D eigenvalue weighted by molar-refractivity contribution is 7.48. The van der Waals surface area contributed by atoms with Crippen molar-refractivity contribution in [2.24, 2.45) is 0 Å². The number of aryl methyl sites for hydroxylation is 1. The summed E-state index contributed by atoms with van der Waals surface area (Å²) >= 11 is 0. The second-order valence-electron chi connectivity index (χ2n) is 11.0. The maximum atomic E-state index is 13.7. The molecule has 0 radical (unpaired) electrons. The van der Waals surface area contributed by atoms with Gasteiger partial charge in [-0.1, -0.05) is 19.6 Å². The molecule has 10 heteroatoms. The predicted octanol–water partition coefficient (Wildman–Crippen LogP) is 6.07. The van der Waals surface area contributed by atoms with E-state index in [9.17, 15) is 9.36 Å². The van der Waals surface area contributed by atoms with Gasteiger partial charge in [0.1, 0.15) is 6.10 Å². The molecule has 1 aromatic rings. The zero-order valence-corrected chi connectivity index (χ0v) is 22.9. The summed E-state index contributed by atoms with van der Waals surface area (Å²) in [6, 6.07) is 0.979. The molecular formula is C21H41N2O6PSi. The van der Waals surface area contributed by atoms with Gasteiger partial charge in [-0.3, -0.25) is 18.4 Å². The summed E-state index contributed by atoms with van der Waals surface area (Å²) in [6.45, 7) is 21.4. The van der Waals surface area contributed by atoms with E-state index in [-0.39, 0.29) is 18.2 Å². The normalized spacial score (nSPS) is 14.7. The number of carbonyl (C=O) groups excluding carboxylic acids is 1. The molecule has 180 valence electrons. The van der Waals surface area contributed by atoms with Gasteiger partial charge in [-0.2, -0.15) is 0 Å². The van der Waals surface area contributed by atoms with Crippen molar-refractivity contribution < 1.29 is 27.7 Å². The first kappa shape index (κ1) is 28.2. The zero-order chi connectivity index (χ0) is 24.3. The average Bonchev–Trinajstić information content (AvgIpc) is 2.87. The molecule has 0 aliphatic carbocycles. The van der Waals surface area contributed by atoms with E-state index in [0.29, 0.717) is 18.0 Å². The van der Waals surface area contributed by atoms with Gasteiger partial charge in [-0.15, -0.1) is 0 Å². The van der Waals surface area contributed by atoms with Crippen LogP contribution in [0.4, 0.5) is 0 Å². The molecule has 0 aliphatic rings. The van der Waals surface area contributed by atoms with Gasteiger partial charge in [-0.25, -0.2) is 9.55 Å². The van der Waals surface area contributed by atoms with E-state index in [4.69, 9.17) is 18.3 Å². The number of aromatic nitrogens is 2. The number of nitrogens with one attached hydrogen (secondary N) is 1. The first-order valence-electron chi connectivity index (χ1n) is 10.7. The molecule has 0 saturated heterocycles. The fourth-order valence-electron chi connectivity index (χ4n) is 2.57. The average molecular weight is 477 g/mol. The molecule has 0 amide bonds. The maximum absolute atomic E-state index is 13.7. The third-order valence-electron chi connectivity index (χ3n) is 3.85. The molecular weight excluding hydrogens is 435 g/mol. The molecule has 1 N–H and O–H groups in total. The number of hydrogen-bond donors (Lipinski definition) is 1. The summed E-state index contributed by atoms with van der Waals surface area (Å²) in [6.07, 6.45) is -0.832. The van der Waals surface area contributed by atoms with Gasteiger partial charge in [0.2, 0.25) is 0 Å². The SMILES string of the molecule is CC(=O)c1nc(C(COCC[Si](C)(C)C)OP(=O)(OC(C)(C)C)OC(C)(C)C)c(C)[nH]1. The van der Waals surface area contributed by atoms with Gasteiger partial charge in [0.05, 0.1) is 23.5 Å². The Kier molecular flexibility index (Phi) is 9.46. The van der Waals surface area contributed by atoms with Crippen molar-refractivity contribution in [3.8, 4) is 0 Å². The van der Waals surface area contributed by atoms with Crippen molar-refractivity contribution in [2.75, 3.05) is 13.2 Å². The topological polar surface area (TPSA) is 99.7 Å². The monoisotopic (exact) mass is 476 g/mol. The molecule has 0 fully saturated rings. The Morgan fingerprint density at radius 2 is 1.61 bits per heavy atom. The van der Waals surface area contributed by atoms with Crippen LogP contribution in [0, 0.1) is 6.92 Å². The molecule has 1 unspecified atom stereocenters. The molecule has 0 aromatic carbocycles. The van der Waals surface area contributed by atoms with Crippen molar-refractivity contribution >= 4 is 21.7 Å². The molecule has 31 heavy (non-hydrogen) atoms. The Balaban J connectivity index is 3.23. The Hall–Kier alpha value is -0.833. The van der Waals surface area contributed by atoms with Crippen LogP contribution < -0.4 is 0 Å². The van der Waals surface area contributed by atoms with Gasteiger partial charge < -0.3 is 9.72 Å². The number of Topliss-reactive ketones (excluding diaryl/α,β-unsaturated/α-hetero) is 1. The third kappa shape index (κ3) is 11.0. The van der Waals surface area contributed by atoms with E-state index >= 15 is 0 Å². The van der Waals surface area contributed by atoms with Crippen molar-refractivity contribution in [1.29, 1.82) is 0 Å². The number of carbonyl (C=O) groups is 1. The lowest BCUT2D eigenvalue weighted by molar-refractivity contribution is -0.0305. The van der Waals surface area contributed by atoms with Gasteiger partial charge in [-0.05, 0) is 54.5 Å². The summed E-state index contributed by atoms with van der Waals surface area (Å²) in [7, 11) is -5.29. The van der Waals surface area contributed by atoms with Crippen molar-refractivity contribution in [1.82, 2.24) is 9.97 Å². The molecule has 0 aliphatic heterocycles. The summed E-state index contributed by atoms with van der Waals surface area (Å²) in [5.74, 6) is 0.0133. The number of phosphoric acid groups is 1. The van der Waals surface area contributed by atoms with Crippen LogP contribution in [-0.4, -0.2) is 48.2 Å². The van der Waals surface area contributed by atoms with Crippen LogP contribution >= 0.6 is 7.82 Å². The minimum Gasteiger partial charge on any atom is -0.379 e. The first-order valence-corrected chi connectivity index (χ1v) is 15.8. The number of ketones is 1. The highest BCUT2D eigenvalue weighted by atomic mass is 31.2. The van der Waals surface area contributed by atoms with E-state index < -0.39 is 33.2 Å². The van der Waals surface area contributed by atoms with Gasteiger partial charge in [0.15, 0.2) is 11.6 Å². The number of aromatic amines is 1. The molecule has 0 bridgehead atoms. The van der Waals surface area contributed by atoms with Crippen LogP contribution in [0.2, 0.25) is 25.7 Å². The van der Waals surface area contributed by atoms with Crippen molar-refractivity contribution in [3.63, 3.8) is 0 Å². The van der Waals surface area contributed by atoms with E-state index in [1.165, 1.54) is 6.92 Å². The van der Waals surface area contributed by atoms with Crippen LogP contribution in [-0.2, 0) is 22.9 Å². The Morgan fingerprint density at radius 1 is 1.10 bits per heavy atom. The van der Waals surface area contributed by atoms with Crippen molar-refractivity contribution in [2.45, 2.75) is 98.4 Å². The second kappa shape index (κ2) is 10.4. The lowest BCUT2D eigenvalue weighted by Crippen LogP contribution is -2.27. The maximum Gasteiger partial charge on any atom is 0.476 e. The van der Waals surface area contributed by atoms with Crippen LogP contribution in [0.25, 0.3) is 0 Å². The molecule has 1 rings (SSSR count). The molecule has 1 atom stereocenters. The Bertz CT molecular complexity index is 769. The van der Waals surface area contributed by atoms with Gasteiger partial charge >= 0.3 is 7.82 Å². The number of imidazole rings is 1. The van der Waals surface area contributed by atoms with Crippen LogP contribution in [0.5, 0.6) is 0 Å². The van der Waals surface area contributed by atoms with Crippen LogP contribution in [0.3, 0.4) is 0 Å². The molecule has 1 aromatic heterocycles. The van der Waals surface area contributed by atoms with Crippen molar-refractivity contribution in [3.05, 3.63) is 17.2 Å². The number of nitrogens with zero attached hydrogens (tertiary/aromatic N) is 1. The summed E-state index contributed by atoms with van der Waals surface area (Å²) in [5, 5.41) is 0. The smallest absolute Gasteiger partial charge is 0.379 e. The molecule has 1 heterocycles. The van der Waals surface area contributed by atoms with E-state index in [1.54, 1.807) is 48.5 Å². The quantitative estimate of drug-likeness (QED) is 0.179. The Labute approximate surface area is 188 Å². The predicted molar refractivity (Wildman–Crippen MR) is 125 cm³/mol. The minimum absolute atomic E-state index is 0.110. The molecule has 0 saturated carbocycles.